The number of carbonyl (C=O) groups excluding carboxylic acids is 2. The van der Waals surface area contributed by atoms with E-state index in [4.69, 9.17) is 33.2 Å². The Morgan fingerprint density at radius 3 is 2.43 bits per heavy atom. The van der Waals surface area contributed by atoms with Crippen LogP contribution in [0.2, 0.25) is 0 Å². The third-order valence-corrected chi connectivity index (χ3v) is 5.80. The van der Waals surface area contributed by atoms with E-state index in [0.29, 0.717) is 6.29 Å². The monoisotopic (exact) mass is 466 g/mol. The normalized spacial score (nSPS) is 39.5. The van der Waals surface area contributed by atoms with Crippen LogP contribution in [0.15, 0.2) is 0 Å². The van der Waals surface area contributed by atoms with Gasteiger partial charge in [-0.15, -0.1) is 0 Å². The third kappa shape index (κ3) is 4.00. The number of rotatable bonds is 7. The van der Waals surface area contributed by atoms with Crippen LogP contribution in [0.4, 0.5) is 0 Å². The van der Waals surface area contributed by atoms with Crippen molar-refractivity contribution in [2.75, 3.05) is 19.8 Å². The Morgan fingerprint density at radius 1 is 1.14 bits per heavy atom. The first-order chi connectivity index (χ1) is 13.1. The zero-order valence-electron chi connectivity index (χ0n) is 16.6. The fraction of sp³-hybridized carbons (Fsp3) is 0.889. The number of ether oxygens (including phenoxy) is 7. The smallest absolute Gasteiger partial charge is 0.325 e. The number of esters is 1. The Labute approximate surface area is 172 Å². The van der Waals surface area contributed by atoms with E-state index in [1.807, 2.05) is 0 Å². The summed E-state index contributed by atoms with van der Waals surface area (Å²) in [4.78, 5) is 22.5. The molecule has 0 N–H and O–H groups in total. The fourth-order valence-electron chi connectivity index (χ4n) is 3.79. The Bertz CT molecular complexity index is 610. The lowest BCUT2D eigenvalue weighted by Gasteiger charge is -2.37. The van der Waals surface area contributed by atoms with Crippen molar-refractivity contribution in [1.29, 1.82) is 0 Å². The topological polar surface area (TPSA) is 98.8 Å². The quantitative estimate of drug-likeness (QED) is 0.312. The molecule has 28 heavy (non-hydrogen) atoms. The van der Waals surface area contributed by atoms with Crippen LogP contribution in [0.3, 0.4) is 0 Å². The van der Waals surface area contributed by atoms with Gasteiger partial charge in [-0.2, -0.15) is 0 Å². The molecule has 160 valence electrons. The number of alkyl halides is 1. The minimum atomic E-state index is -1.63. The van der Waals surface area contributed by atoms with Crippen molar-refractivity contribution in [2.24, 2.45) is 0 Å². The van der Waals surface area contributed by atoms with Gasteiger partial charge < -0.3 is 38.0 Å². The molecule has 3 saturated heterocycles. The van der Waals surface area contributed by atoms with E-state index in [0.717, 1.165) is 0 Å². The molecule has 0 aromatic carbocycles. The largest absolute Gasteiger partial charge is 0.465 e. The number of halogens is 1. The number of aldehydes is 1. The highest BCUT2D eigenvalue weighted by Gasteiger charge is 2.69. The zero-order chi connectivity index (χ0) is 20.7. The molecular formula is C18H27BrO9. The van der Waals surface area contributed by atoms with Crippen LogP contribution in [0.1, 0.15) is 34.6 Å². The summed E-state index contributed by atoms with van der Waals surface area (Å²) < 4.78 is 40.9. The first-order valence-corrected chi connectivity index (χ1v) is 10.2. The van der Waals surface area contributed by atoms with Gasteiger partial charge in [0.05, 0.1) is 13.2 Å². The second-order valence-corrected chi connectivity index (χ2v) is 8.70. The van der Waals surface area contributed by atoms with Crippen molar-refractivity contribution in [3.05, 3.63) is 0 Å². The van der Waals surface area contributed by atoms with Crippen LogP contribution in [0, 0.1) is 0 Å². The SMILES string of the molecule is CCOC(=O)C(Br)[C@@]1(OCC=O)O[C@H]([C@H]2COC(C)(C)O2)[C@H]2OC(C)(C)O[C@H]21. The highest BCUT2D eigenvalue weighted by Crippen LogP contribution is 2.50. The van der Waals surface area contributed by atoms with E-state index in [9.17, 15) is 9.59 Å². The maximum absolute atomic E-state index is 12.5. The number of carbonyl (C=O) groups is 2. The van der Waals surface area contributed by atoms with Crippen LogP contribution in [0.25, 0.3) is 0 Å². The Balaban J connectivity index is 1.95. The average molecular weight is 467 g/mol. The maximum Gasteiger partial charge on any atom is 0.325 e. The molecule has 0 amide bonds. The molecule has 3 aliphatic rings. The summed E-state index contributed by atoms with van der Waals surface area (Å²) >= 11 is 3.34. The fourth-order valence-corrected chi connectivity index (χ4v) is 4.42. The van der Waals surface area contributed by atoms with Gasteiger partial charge in [-0.05, 0) is 34.6 Å². The molecule has 3 fully saturated rings. The predicted molar refractivity (Wildman–Crippen MR) is 97.7 cm³/mol. The van der Waals surface area contributed by atoms with Gasteiger partial charge in [0, 0.05) is 0 Å². The van der Waals surface area contributed by atoms with Gasteiger partial charge in [-0.25, -0.2) is 0 Å². The standard InChI is InChI=1S/C18H27BrO9/c1-6-22-15(21)13(19)18(23-8-7-20)14-12(26-17(4,5)28-14)11(27-18)10-9-24-16(2,3)25-10/h7,10-14H,6,8-9H2,1-5H3/t10-,11-,12-,13?,14-,18-/m1/s1. The lowest BCUT2D eigenvalue weighted by molar-refractivity contribution is -0.297. The van der Waals surface area contributed by atoms with Crippen LogP contribution in [-0.2, 0) is 42.7 Å². The van der Waals surface area contributed by atoms with Crippen molar-refractivity contribution in [1.82, 2.24) is 0 Å². The molecule has 10 heteroatoms. The molecule has 0 saturated carbocycles. The summed E-state index contributed by atoms with van der Waals surface area (Å²) in [7, 11) is 0. The minimum Gasteiger partial charge on any atom is -0.465 e. The summed E-state index contributed by atoms with van der Waals surface area (Å²) in [6, 6.07) is 0. The molecule has 1 unspecified atom stereocenters. The molecular weight excluding hydrogens is 440 g/mol. The van der Waals surface area contributed by atoms with E-state index in [1.165, 1.54) is 0 Å². The molecule has 3 aliphatic heterocycles. The first-order valence-electron chi connectivity index (χ1n) is 9.29. The molecule has 3 rings (SSSR count). The highest BCUT2D eigenvalue weighted by atomic mass is 79.9. The van der Waals surface area contributed by atoms with Crippen LogP contribution in [0.5, 0.6) is 0 Å². The molecule has 0 bridgehead atoms. The van der Waals surface area contributed by atoms with Gasteiger partial charge in [0.2, 0.25) is 5.79 Å². The second-order valence-electron chi connectivity index (χ2n) is 7.78. The molecule has 0 aromatic heterocycles. The van der Waals surface area contributed by atoms with E-state index >= 15 is 0 Å². The summed E-state index contributed by atoms with van der Waals surface area (Å²) in [6.07, 6.45) is -1.93. The number of hydrogen-bond donors (Lipinski definition) is 0. The van der Waals surface area contributed by atoms with Gasteiger partial charge in [0.1, 0.15) is 37.3 Å². The van der Waals surface area contributed by atoms with Gasteiger partial charge >= 0.3 is 5.97 Å². The van der Waals surface area contributed by atoms with E-state index < -0.39 is 52.6 Å². The summed E-state index contributed by atoms with van der Waals surface area (Å²) in [6.45, 7) is 8.98. The lowest BCUT2D eigenvalue weighted by Crippen LogP contribution is -2.56. The summed E-state index contributed by atoms with van der Waals surface area (Å²) in [5.74, 6) is -3.94. The van der Waals surface area contributed by atoms with Gasteiger partial charge in [-0.3, -0.25) is 4.79 Å². The van der Waals surface area contributed by atoms with Gasteiger partial charge in [-0.1, -0.05) is 15.9 Å². The first kappa shape index (κ1) is 22.1. The third-order valence-electron chi connectivity index (χ3n) is 4.79. The molecule has 0 aromatic rings. The van der Waals surface area contributed by atoms with Gasteiger partial charge in [0.15, 0.2) is 16.4 Å². The van der Waals surface area contributed by atoms with E-state index in [-0.39, 0.29) is 19.8 Å². The highest BCUT2D eigenvalue weighted by molar-refractivity contribution is 9.10. The van der Waals surface area contributed by atoms with Crippen LogP contribution >= 0.6 is 15.9 Å². The molecule has 9 nitrogen and oxygen atoms in total. The van der Waals surface area contributed by atoms with Crippen molar-refractivity contribution < 1.29 is 42.7 Å². The average Bonchev–Trinajstić information content (AvgIpc) is 3.22. The van der Waals surface area contributed by atoms with E-state index in [2.05, 4.69) is 15.9 Å². The Kier molecular flexibility index (Phi) is 6.23. The van der Waals surface area contributed by atoms with Crippen molar-refractivity contribution >= 4 is 28.2 Å². The van der Waals surface area contributed by atoms with Crippen LogP contribution < -0.4 is 0 Å². The molecule has 0 aliphatic carbocycles. The molecule has 0 spiro atoms. The minimum absolute atomic E-state index is 0.179. The second kappa shape index (κ2) is 7.90. The van der Waals surface area contributed by atoms with Crippen molar-refractivity contribution in [2.45, 2.75) is 81.2 Å². The molecule has 3 heterocycles. The van der Waals surface area contributed by atoms with Crippen LogP contribution in [-0.4, -0.2) is 78.7 Å². The number of fused-ring (bicyclic) bond motifs is 1. The lowest BCUT2D eigenvalue weighted by atomic mass is 10.00. The Hall–Kier alpha value is -0.620. The molecule has 6 atom stereocenters. The zero-order valence-corrected chi connectivity index (χ0v) is 18.2. The maximum atomic E-state index is 12.5. The summed E-state index contributed by atoms with van der Waals surface area (Å²) in [5.41, 5.74) is 0. The summed E-state index contributed by atoms with van der Waals surface area (Å²) in [5, 5.41) is 0. The Morgan fingerprint density at radius 2 is 1.86 bits per heavy atom. The van der Waals surface area contributed by atoms with Crippen molar-refractivity contribution in [3.63, 3.8) is 0 Å². The number of hydrogen-bond acceptors (Lipinski definition) is 9. The predicted octanol–water partition coefficient (Wildman–Crippen LogP) is 1.30. The molecule has 0 radical (unpaired) electrons. The van der Waals surface area contributed by atoms with E-state index in [1.54, 1.807) is 34.6 Å². The van der Waals surface area contributed by atoms with Crippen molar-refractivity contribution in [3.8, 4) is 0 Å². The van der Waals surface area contributed by atoms with Gasteiger partial charge in [0.25, 0.3) is 0 Å².